The first-order chi connectivity index (χ1) is 16.0. The van der Waals surface area contributed by atoms with Crippen molar-refractivity contribution < 1.29 is 9.59 Å². The van der Waals surface area contributed by atoms with Crippen molar-refractivity contribution in [1.29, 1.82) is 0 Å². The van der Waals surface area contributed by atoms with Crippen LogP contribution in [0, 0.1) is 5.92 Å². The van der Waals surface area contributed by atoms with Gasteiger partial charge in [-0.15, -0.1) is 0 Å². The molecule has 8 nitrogen and oxygen atoms in total. The van der Waals surface area contributed by atoms with Crippen LogP contribution in [0.15, 0.2) is 42.9 Å². The zero-order valence-corrected chi connectivity index (χ0v) is 20.0. The van der Waals surface area contributed by atoms with Crippen LogP contribution in [0.25, 0.3) is 0 Å². The third-order valence-corrected chi connectivity index (χ3v) is 6.04. The Balaban J connectivity index is 1.47. The Hall–Kier alpha value is -3.16. The van der Waals surface area contributed by atoms with Crippen LogP contribution in [0.2, 0.25) is 0 Å². The van der Waals surface area contributed by atoms with Crippen molar-refractivity contribution in [1.82, 2.24) is 19.8 Å². The fraction of sp³-hybridized carbons (Fsp3) is 0.520. The monoisotopic (exact) mass is 452 g/mol. The van der Waals surface area contributed by atoms with E-state index in [0.717, 1.165) is 12.4 Å². The van der Waals surface area contributed by atoms with E-state index in [4.69, 9.17) is 0 Å². The average molecular weight is 453 g/mol. The Morgan fingerprint density at radius 2 is 1.85 bits per heavy atom. The van der Waals surface area contributed by atoms with Crippen LogP contribution in [0.4, 0.5) is 16.3 Å². The van der Waals surface area contributed by atoms with Gasteiger partial charge in [0.05, 0.1) is 17.4 Å². The van der Waals surface area contributed by atoms with Gasteiger partial charge < -0.3 is 20.0 Å². The van der Waals surface area contributed by atoms with E-state index in [0.29, 0.717) is 43.3 Å². The molecule has 0 radical (unpaired) electrons. The highest BCUT2D eigenvalue weighted by molar-refractivity contribution is 5.94. The second-order valence-electron chi connectivity index (χ2n) is 8.84. The van der Waals surface area contributed by atoms with Gasteiger partial charge in [0.15, 0.2) is 0 Å². The average Bonchev–Trinajstić information content (AvgIpc) is 2.84. The largest absolute Gasteiger partial charge is 0.359 e. The summed E-state index contributed by atoms with van der Waals surface area (Å²) in [7, 11) is 2.05. The summed E-state index contributed by atoms with van der Waals surface area (Å²) in [5.41, 5.74) is 1.24. The highest BCUT2D eigenvalue weighted by Gasteiger charge is 2.25. The Labute approximate surface area is 197 Å². The molecule has 33 heavy (non-hydrogen) atoms. The number of pyridine rings is 2. The summed E-state index contributed by atoms with van der Waals surface area (Å²) in [5, 5.41) is 2.84. The van der Waals surface area contributed by atoms with Crippen molar-refractivity contribution in [2.45, 2.75) is 39.5 Å². The Morgan fingerprint density at radius 3 is 2.48 bits per heavy atom. The SMILES string of the molecule is CCCCCC(C)CN(C)c1ccc(C(=O)N2CCN(C(=O)Nc3cccnc3)CC2)cn1. The van der Waals surface area contributed by atoms with Gasteiger partial charge in [-0.05, 0) is 36.6 Å². The molecule has 1 unspecified atom stereocenters. The number of aromatic nitrogens is 2. The number of anilines is 2. The lowest BCUT2D eigenvalue weighted by Gasteiger charge is -2.34. The van der Waals surface area contributed by atoms with Crippen molar-refractivity contribution in [3.05, 3.63) is 48.4 Å². The van der Waals surface area contributed by atoms with E-state index in [1.807, 2.05) is 12.1 Å². The van der Waals surface area contributed by atoms with Crippen molar-refractivity contribution in [2.24, 2.45) is 5.92 Å². The molecule has 3 amide bonds. The minimum atomic E-state index is -0.173. The Morgan fingerprint density at radius 1 is 1.09 bits per heavy atom. The summed E-state index contributed by atoms with van der Waals surface area (Å²) in [6.45, 7) is 7.42. The van der Waals surface area contributed by atoms with E-state index < -0.39 is 0 Å². The van der Waals surface area contributed by atoms with Gasteiger partial charge in [-0.25, -0.2) is 9.78 Å². The van der Waals surface area contributed by atoms with Crippen molar-refractivity contribution in [3.8, 4) is 0 Å². The molecule has 3 rings (SSSR count). The molecule has 1 aliphatic rings. The van der Waals surface area contributed by atoms with Gasteiger partial charge in [-0.1, -0.05) is 33.1 Å². The number of carbonyl (C=O) groups is 2. The summed E-state index contributed by atoms with van der Waals surface area (Å²) in [4.78, 5) is 39.5. The number of unbranched alkanes of at least 4 members (excludes halogenated alkanes) is 2. The number of hydrogen-bond donors (Lipinski definition) is 1. The number of nitrogens with zero attached hydrogens (tertiary/aromatic N) is 5. The Bertz CT molecular complexity index is 882. The van der Waals surface area contributed by atoms with Gasteiger partial charge >= 0.3 is 6.03 Å². The lowest BCUT2D eigenvalue weighted by atomic mass is 10.0. The first-order valence-electron chi connectivity index (χ1n) is 11.9. The molecule has 1 N–H and O–H groups in total. The minimum Gasteiger partial charge on any atom is -0.359 e. The smallest absolute Gasteiger partial charge is 0.322 e. The summed E-state index contributed by atoms with van der Waals surface area (Å²) in [6, 6.07) is 7.17. The number of piperazine rings is 1. The van der Waals surface area contributed by atoms with Gasteiger partial charge in [0, 0.05) is 52.2 Å². The van der Waals surface area contributed by atoms with Crippen LogP contribution in [0.1, 0.15) is 49.9 Å². The number of nitrogens with one attached hydrogen (secondary N) is 1. The van der Waals surface area contributed by atoms with E-state index >= 15 is 0 Å². The zero-order chi connectivity index (χ0) is 23.6. The fourth-order valence-corrected chi connectivity index (χ4v) is 4.07. The number of urea groups is 1. The quantitative estimate of drug-likeness (QED) is 0.579. The molecule has 8 heteroatoms. The molecule has 0 aliphatic carbocycles. The number of amides is 3. The summed E-state index contributed by atoms with van der Waals surface area (Å²) >= 11 is 0. The molecule has 178 valence electrons. The molecule has 2 aromatic heterocycles. The highest BCUT2D eigenvalue weighted by atomic mass is 16.2. The van der Waals surface area contributed by atoms with E-state index in [2.05, 4.69) is 41.1 Å². The molecule has 2 aromatic rings. The van der Waals surface area contributed by atoms with Crippen LogP contribution in [0.5, 0.6) is 0 Å². The molecule has 1 fully saturated rings. The number of hydrogen-bond acceptors (Lipinski definition) is 5. The molecule has 0 bridgehead atoms. The van der Waals surface area contributed by atoms with Crippen LogP contribution in [-0.2, 0) is 0 Å². The number of carbonyl (C=O) groups excluding carboxylic acids is 2. The van der Waals surface area contributed by atoms with E-state index in [-0.39, 0.29) is 11.9 Å². The van der Waals surface area contributed by atoms with Crippen LogP contribution >= 0.6 is 0 Å². The fourth-order valence-electron chi connectivity index (χ4n) is 4.07. The van der Waals surface area contributed by atoms with E-state index in [1.165, 1.54) is 25.7 Å². The van der Waals surface area contributed by atoms with Gasteiger partial charge in [-0.3, -0.25) is 9.78 Å². The molecular weight excluding hydrogens is 416 g/mol. The molecule has 0 aromatic carbocycles. The highest BCUT2D eigenvalue weighted by Crippen LogP contribution is 2.17. The lowest BCUT2D eigenvalue weighted by molar-refractivity contribution is 0.0671. The molecular formula is C25H36N6O2. The predicted octanol–water partition coefficient (Wildman–Crippen LogP) is 4.12. The molecule has 1 aliphatic heterocycles. The van der Waals surface area contributed by atoms with Crippen molar-refractivity contribution in [2.75, 3.05) is 50.0 Å². The summed E-state index contributed by atoms with van der Waals surface area (Å²) < 4.78 is 0. The molecule has 3 heterocycles. The van der Waals surface area contributed by atoms with Crippen LogP contribution in [-0.4, -0.2) is 71.5 Å². The molecule has 0 saturated carbocycles. The topological polar surface area (TPSA) is 81.7 Å². The first kappa shape index (κ1) is 24.5. The summed E-state index contributed by atoms with van der Waals surface area (Å²) in [6.07, 6.45) is 9.95. The zero-order valence-electron chi connectivity index (χ0n) is 20.0. The lowest BCUT2D eigenvalue weighted by Crippen LogP contribution is -2.51. The maximum Gasteiger partial charge on any atom is 0.322 e. The normalized spacial score (nSPS) is 14.6. The molecule has 1 atom stereocenters. The van der Waals surface area contributed by atoms with Gasteiger partial charge in [0.2, 0.25) is 0 Å². The van der Waals surface area contributed by atoms with Crippen molar-refractivity contribution in [3.63, 3.8) is 0 Å². The molecule has 0 spiro atoms. The summed E-state index contributed by atoms with van der Waals surface area (Å²) in [5.74, 6) is 1.44. The standard InChI is InChI=1S/C25H36N6O2/c1-4-5-6-8-20(2)19-29(3)23-11-10-21(17-27-23)24(32)30-13-15-31(16-14-30)25(33)28-22-9-7-12-26-18-22/h7,9-12,17-18,20H,4-6,8,13-16,19H2,1-3H3,(H,28,33). The van der Waals surface area contributed by atoms with E-state index in [1.54, 1.807) is 40.5 Å². The minimum absolute atomic E-state index is 0.0445. The third-order valence-electron chi connectivity index (χ3n) is 6.04. The van der Waals surface area contributed by atoms with Gasteiger partial charge in [0.25, 0.3) is 5.91 Å². The van der Waals surface area contributed by atoms with Gasteiger partial charge in [-0.2, -0.15) is 0 Å². The molecule has 1 saturated heterocycles. The maximum atomic E-state index is 12.9. The maximum absolute atomic E-state index is 12.9. The predicted molar refractivity (Wildman–Crippen MR) is 132 cm³/mol. The first-order valence-corrected chi connectivity index (χ1v) is 11.9. The van der Waals surface area contributed by atoms with Crippen LogP contribution in [0.3, 0.4) is 0 Å². The Kier molecular flexibility index (Phi) is 9.04. The number of rotatable bonds is 9. The van der Waals surface area contributed by atoms with Crippen molar-refractivity contribution >= 4 is 23.4 Å². The van der Waals surface area contributed by atoms with E-state index in [9.17, 15) is 9.59 Å². The van der Waals surface area contributed by atoms with Gasteiger partial charge in [0.1, 0.15) is 5.82 Å². The second-order valence-corrected chi connectivity index (χ2v) is 8.84. The second kappa shape index (κ2) is 12.2. The van der Waals surface area contributed by atoms with Crippen LogP contribution < -0.4 is 10.2 Å². The third kappa shape index (κ3) is 7.17.